The summed E-state index contributed by atoms with van der Waals surface area (Å²) < 4.78 is 11.5. The molecule has 2 aromatic carbocycles. The molecule has 0 amide bonds. The van der Waals surface area contributed by atoms with Crippen LogP contribution in [-0.2, 0) is 13.2 Å². The molecule has 2 rings (SSSR count). The second-order valence-electron chi connectivity index (χ2n) is 5.90. The van der Waals surface area contributed by atoms with E-state index in [1.165, 1.54) is 0 Å². The third-order valence-electron chi connectivity index (χ3n) is 3.41. The monoisotopic (exact) mass is 333 g/mol. The molecule has 2 aromatic rings. The number of halogens is 1. The lowest BCUT2D eigenvalue weighted by molar-refractivity contribution is 0.280. The van der Waals surface area contributed by atoms with Gasteiger partial charge >= 0.3 is 0 Å². The predicted molar refractivity (Wildman–Crippen MR) is 95.3 cm³/mol. The Kier molecular flexibility index (Phi) is 6.75. The minimum atomic E-state index is 0.496. The van der Waals surface area contributed by atoms with Crippen molar-refractivity contribution in [3.63, 3.8) is 0 Å². The Morgan fingerprint density at radius 1 is 1.13 bits per heavy atom. The van der Waals surface area contributed by atoms with Gasteiger partial charge < -0.3 is 14.8 Å². The molecule has 23 heavy (non-hydrogen) atoms. The van der Waals surface area contributed by atoms with Crippen molar-refractivity contribution in [2.45, 2.75) is 27.0 Å². The van der Waals surface area contributed by atoms with E-state index in [0.29, 0.717) is 29.8 Å². The van der Waals surface area contributed by atoms with Gasteiger partial charge in [0, 0.05) is 23.2 Å². The first-order valence-electron chi connectivity index (χ1n) is 7.84. The summed E-state index contributed by atoms with van der Waals surface area (Å²) >= 11 is 6.20. The SMILES string of the molecule is COc1cc(Cl)cc(CNCC(C)C)c1OCc1ccccc1. The molecule has 0 aromatic heterocycles. The summed E-state index contributed by atoms with van der Waals surface area (Å²) in [5, 5.41) is 4.07. The highest BCUT2D eigenvalue weighted by molar-refractivity contribution is 6.30. The van der Waals surface area contributed by atoms with Gasteiger partial charge in [-0.2, -0.15) is 0 Å². The molecular formula is C19H24ClNO2. The highest BCUT2D eigenvalue weighted by Crippen LogP contribution is 2.35. The van der Waals surface area contributed by atoms with Gasteiger partial charge in [-0.3, -0.25) is 0 Å². The van der Waals surface area contributed by atoms with Gasteiger partial charge in [0.05, 0.1) is 7.11 Å². The number of ether oxygens (including phenoxy) is 2. The van der Waals surface area contributed by atoms with Crippen molar-refractivity contribution in [1.82, 2.24) is 5.32 Å². The van der Waals surface area contributed by atoms with Crippen LogP contribution >= 0.6 is 11.6 Å². The molecule has 124 valence electrons. The van der Waals surface area contributed by atoms with E-state index in [9.17, 15) is 0 Å². The number of benzene rings is 2. The van der Waals surface area contributed by atoms with Crippen LogP contribution in [0.3, 0.4) is 0 Å². The van der Waals surface area contributed by atoms with Crippen LogP contribution in [-0.4, -0.2) is 13.7 Å². The van der Waals surface area contributed by atoms with E-state index >= 15 is 0 Å². The van der Waals surface area contributed by atoms with Crippen LogP contribution in [0.2, 0.25) is 5.02 Å². The summed E-state index contributed by atoms with van der Waals surface area (Å²) in [5.74, 6) is 2.00. The van der Waals surface area contributed by atoms with Crippen molar-refractivity contribution in [1.29, 1.82) is 0 Å². The van der Waals surface area contributed by atoms with Crippen molar-refractivity contribution < 1.29 is 9.47 Å². The molecule has 3 nitrogen and oxygen atoms in total. The first kappa shape index (κ1) is 17.6. The second kappa shape index (κ2) is 8.80. The molecule has 0 heterocycles. The van der Waals surface area contributed by atoms with Crippen LogP contribution in [0, 0.1) is 5.92 Å². The maximum atomic E-state index is 6.20. The fraction of sp³-hybridized carbons (Fsp3) is 0.368. The molecular weight excluding hydrogens is 310 g/mol. The number of hydrogen-bond donors (Lipinski definition) is 1. The van der Waals surface area contributed by atoms with E-state index in [1.54, 1.807) is 13.2 Å². The number of methoxy groups -OCH3 is 1. The zero-order valence-corrected chi connectivity index (χ0v) is 14.7. The highest BCUT2D eigenvalue weighted by Gasteiger charge is 2.13. The van der Waals surface area contributed by atoms with Crippen LogP contribution in [0.15, 0.2) is 42.5 Å². The summed E-state index contributed by atoms with van der Waals surface area (Å²) in [6, 6.07) is 13.8. The van der Waals surface area contributed by atoms with Gasteiger partial charge in [0.15, 0.2) is 11.5 Å². The van der Waals surface area contributed by atoms with Crippen molar-refractivity contribution in [3.05, 3.63) is 58.6 Å². The number of nitrogens with one attached hydrogen (secondary N) is 1. The largest absolute Gasteiger partial charge is 0.493 e. The first-order chi connectivity index (χ1) is 11.1. The van der Waals surface area contributed by atoms with E-state index < -0.39 is 0 Å². The van der Waals surface area contributed by atoms with Gasteiger partial charge in [-0.15, -0.1) is 0 Å². The molecule has 0 fully saturated rings. The molecule has 0 aliphatic carbocycles. The van der Waals surface area contributed by atoms with Crippen LogP contribution in [0.4, 0.5) is 0 Å². The molecule has 0 aliphatic rings. The molecule has 0 aliphatic heterocycles. The standard InChI is InChI=1S/C19H24ClNO2/c1-14(2)11-21-12-16-9-17(20)10-18(22-3)19(16)23-13-15-7-5-4-6-8-15/h4-10,14,21H,11-13H2,1-3H3. The van der Waals surface area contributed by atoms with Gasteiger partial charge in [0.2, 0.25) is 0 Å². The highest BCUT2D eigenvalue weighted by atomic mass is 35.5. The normalized spacial score (nSPS) is 10.8. The maximum absolute atomic E-state index is 6.20. The van der Waals surface area contributed by atoms with E-state index in [4.69, 9.17) is 21.1 Å². The van der Waals surface area contributed by atoms with Crippen LogP contribution in [0.1, 0.15) is 25.0 Å². The predicted octanol–water partition coefficient (Wildman–Crippen LogP) is 4.67. The van der Waals surface area contributed by atoms with Crippen LogP contribution in [0.25, 0.3) is 0 Å². The lowest BCUT2D eigenvalue weighted by Gasteiger charge is -2.17. The summed E-state index contributed by atoms with van der Waals surface area (Å²) in [7, 11) is 1.63. The third kappa shape index (κ3) is 5.45. The van der Waals surface area contributed by atoms with Crippen molar-refractivity contribution in [2.75, 3.05) is 13.7 Å². The van der Waals surface area contributed by atoms with Gasteiger partial charge in [-0.1, -0.05) is 55.8 Å². The Balaban J connectivity index is 2.16. The Morgan fingerprint density at radius 2 is 1.87 bits per heavy atom. The number of rotatable bonds is 8. The van der Waals surface area contributed by atoms with E-state index in [2.05, 4.69) is 19.2 Å². The molecule has 0 unspecified atom stereocenters. The quantitative estimate of drug-likeness (QED) is 0.761. The molecule has 4 heteroatoms. The Hall–Kier alpha value is -1.71. The van der Waals surface area contributed by atoms with E-state index in [1.807, 2.05) is 36.4 Å². The average molecular weight is 334 g/mol. The minimum Gasteiger partial charge on any atom is -0.493 e. The van der Waals surface area contributed by atoms with Gasteiger partial charge in [0.1, 0.15) is 6.61 Å². The average Bonchev–Trinajstić information content (AvgIpc) is 2.54. The Labute approximate surface area is 143 Å². The molecule has 0 bridgehead atoms. The first-order valence-corrected chi connectivity index (χ1v) is 8.21. The van der Waals surface area contributed by atoms with E-state index in [-0.39, 0.29) is 0 Å². The zero-order chi connectivity index (χ0) is 16.7. The third-order valence-corrected chi connectivity index (χ3v) is 3.63. The summed E-state index contributed by atoms with van der Waals surface area (Å²) in [5.41, 5.74) is 2.12. The molecule has 0 saturated carbocycles. The Morgan fingerprint density at radius 3 is 2.52 bits per heavy atom. The smallest absolute Gasteiger partial charge is 0.166 e. The van der Waals surface area contributed by atoms with Gasteiger partial charge in [-0.25, -0.2) is 0 Å². The summed E-state index contributed by atoms with van der Waals surface area (Å²) in [6.45, 7) is 6.49. The molecule has 0 radical (unpaired) electrons. The lowest BCUT2D eigenvalue weighted by Crippen LogP contribution is -2.19. The Bertz CT molecular complexity index is 614. The van der Waals surface area contributed by atoms with Crippen molar-refractivity contribution >= 4 is 11.6 Å². The minimum absolute atomic E-state index is 0.496. The van der Waals surface area contributed by atoms with Crippen LogP contribution < -0.4 is 14.8 Å². The summed E-state index contributed by atoms with van der Waals surface area (Å²) in [6.07, 6.45) is 0. The lowest BCUT2D eigenvalue weighted by atomic mass is 10.1. The van der Waals surface area contributed by atoms with E-state index in [0.717, 1.165) is 23.4 Å². The molecule has 1 N–H and O–H groups in total. The maximum Gasteiger partial charge on any atom is 0.166 e. The zero-order valence-electron chi connectivity index (χ0n) is 13.9. The van der Waals surface area contributed by atoms with Gasteiger partial charge in [-0.05, 0) is 24.1 Å². The van der Waals surface area contributed by atoms with Crippen molar-refractivity contribution in [3.8, 4) is 11.5 Å². The molecule has 0 spiro atoms. The summed E-state index contributed by atoms with van der Waals surface area (Å²) in [4.78, 5) is 0. The van der Waals surface area contributed by atoms with Crippen molar-refractivity contribution in [2.24, 2.45) is 5.92 Å². The molecule has 0 saturated heterocycles. The topological polar surface area (TPSA) is 30.5 Å². The molecule has 0 atom stereocenters. The fourth-order valence-corrected chi connectivity index (χ4v) is 2.53. The number of hydrogen-bond acceptors (Lipinski definition) is 3. The second-order valence-corrected chi connectivity index (χ2v) is 6.33. The van der Waals surface area contributed by atoms with Crippen LogP contribution in [0.5, 0.6) is 11.5 Å². The van der Waals surface area contributed by atoms with Gasteiger partial charge in [0.25, 0.3) is 0 Å². The fourth-order valence-electron chi connectivity index (χ4n) is 2.29.